The van der Waals surface area contributed by atoms with Crippen LogP contribution in [0.5, 0.6) is 0 Å². The van der Waals surface area contributed by atoms with Gasteiger partial charge in [-0.15, -0.1) is 11.3 Å². The number of nitrogens with zero attached hydrogens (tertiary/aromatic N) is 2. The molecule has 0 aliphatic carbocycles. The van der Waals surface area contributed by atoms with Crippen LogP contribution >= 0.6 is 11.3 Å². The van der Waals surface area contributed by atoms with Gasteiger partial charge in [0.25, 0.3) is 0 Å². The highest BCUT2D eigenvalue weighted by Gasteiger charge is 2.18. The van der Waals surface area contributed by atoms with E-state index >= 15 is 0 Å². The van der Waals surface area contributed by atoms with E-state index in [1.54, 1.807) is 17.5 Å². The van der Waals surface area contributed by atoms with E-state index in [1.807, 2.05) is 24.5 Å². The number of hydrogen-bond donors (Lipinski definition) is 1. The van der Waals surface area contributed by atoms with Crippen molar-refractivity contribution in [2.24, 2.45) is 0 Å². The number of hydrogen-bond acceptors (Lipinski definition) is 3. The molecule has 18 heavy (non-hydrogen) atoms. The summed E-state index contributed by atoms with van der Waals surface area (Å²) in [6.45, 7) is 0. The molecule has 1 atom stereocenters. The van der Waals surface area contributed by atoms with Gasteiger partial charge in [-0.1, -0.05) is 12.1 Å². The zero-order valence-corrected chi connectivity index (χ0v) is 10.6. The van der Waals surface area contributed by atoms with Crippen LogP contribution < -0.4 is 0 Å². The van der Waals surface area contributed by atoms with Crippen LogP contribution in [0.4, 0.5) is 0 Å². The van der Waals surface area contributed by atoms with Crippen LogP contribution in [0.3, 0.4) is 0 Å². The Bertz CT molecular complexity index is 573. The first-order chi connectivity index (χ1) is 8.93. The topological polar surface area (TPSA) is 41.6 Å². The molecule has 0 aliphatic rings. The Labute approximate surface area is 110 Å². The highest BCUT2D eigenvalue weighted by atomic mass is 32.1. The lowest BCUT2D eigenvalue weighted by Crippen LogP contribution is -2.06. The molecule has 0 saturated carbocycles. The molecule has 0 saturated heterocycles. The van der Waals surface area contributed by atoms with Crippen LogP contribution in [0.25, 0.3) is 0 Å². The van der Waals surface area contributed by atoms with Crippen molar-refractivity contribution in [2.75, 3.05) is 0 Å². The summed E-state index contributed by atoms with van der Waals surface area (Å²) in [7, 11) is 0. The molecular weight excluding hydrogens is 242 g/mol. The number of aromatic amines is 1. The summed E-state index contributed by atoms with van der Waals surface area (Å²) >= 11 is 1.77. The Morgan fingerprint density at radius 2 is 2.11 bits per heavy atom. The van der Waals surface area contributed by atoms with E-state index in [9.17, 15) is 0 Å². The Morgan fingerprint density at radius 1 is 1.11 bits per heavy atom. The first kappa shape index (κ1) is 11.2. The summed E-state index contributed by atoms with van der Waals surface area (Å²) in [5, 5.41) is 2.10. The maximum atomic E-state index is 4.48. The molecule has 0 spiro atoms. The molecule has 0 fully saturated rings. The molecule has 3 aromatic heterocycles. The van der Waals surface area contributed by atoms with Crippen LogP contribution in [0, 0.1) is 0 Å². The predicted octanol–water partition coefficient (Wildman–Crippen LogP) is 3.24. The fourth-order valence-corrected chi connectivity index (χ4v) is 2.87. The van der Waals surface area contributed by atoms with Gasteiger partial charge < -0.3 is 4.98 Å². The smallest absolute Gasteiger partial charge is 0.107 e. The third-order valence-corrected chi connectivity index (χ3v) is 3.87. The highest BCUT2D eigenvalue weighted by Crippen LogP contribution is 2.29. The zero-order chi connectivity index (χ0) is 12.2. The van der Waals surface area contributed by atoms with Gasteiger partial charge in [-0.3, -0.25) is 4.98 Å². The second-order valence-electron chi connectivity index (χ2n) is 4.06. The fourth-order valence-electron chi connectivity index (χ4n) is 2.03. The van der Waals surface area contributed by atoms with Crippen LogP contribution in [0.2, 0.25) is 0 Å². The molecule has 0 amide bonds. The van der Waals surface area contributed by atoms with Crippen molar-refractivity contribution in [3.05, 3.63) is 70.7 Å². The van der Waals surface area contributed by atoms with Gasteiger partial charge in [0.1, 0.15) is 5.82 Å². The molecule has 4 heteroatoms. The molecule has 0 aliphatic heterocycles. The largest absolute Gasteiger partial charge is 0.349 e. The Morgan fingerprint density at radius 3 is 2.78 bits per heavy atom. The minimum Gasteiger partial charge on any atom is -0.349 e. The number of nitrogens with one attached hydrogen (secondary N) is 1. The minimum absolute atomic E-state index is 0.275. The van der Waals surface area contributed by atoms with E-state index in [0.29, 0.717) is 0 Å². The van der Waals surface area contributed by atoms with E-state index in [1.165, 1.54) is 4.88 Å². The van der Waals surface area contributed by atoms with E-state index in [-0.39, 0.29) is 5.92 Å². The molecule has 3 nitrogen and oxygen atoms in total. The standard InChI is InChI=1S/C14H13N3S/c1-2-6-15-12(4-1)11(13-5-3-9-18-13)10-14-16-7-8-17-14/h1-9,11H,10H2,(H,16,17)/t11-/m1/s1. The molecule has 90 valence electrons. The summed E-state index contributed by atoms with van der Waals surface area (Å²) in [6, 6.07) is 10.3. The molecule has 0 unspecified atom stereocenters. The van der Waals surface area contributed by atoms with Gasteiger partial charge in [-0.05, 0) is 23.6 Å². The van der Waals surface area contributed by atoms with Gasteiger partial charge >= 0.3 is 0 Å². The average molecular weight is 255 g/mol. The maximum absolute atomic E-state index is 4.48. The van der Waals surface area contributed by atoms with Crippen LogP contribution in [0.1, 0.15) is 22.3 Å². The number of H-pyrrole nitrogens is 1. The van der Waals surface area contributed by atoms with Crippen molar-refractivity contribution in [2.45, 2.75) is 12.3 Å². The third-order valence-electron chi connectivity index (χ3n) is 2.88. The third kappa shape index (κ3) is 2.33. The monoisotopic (exact) mass is 255 g/mol. The number of aromatic nitrogens is 3. The average Bonchev–Trinajstić information content (AvgIpc) is 3.10. The lowest BCUT2D eigenvalue weighted by molar-refractivity contribution is 0.754. The maximum Gasteiger partial charge on any atom is 0.107 e. The zero-order valence-electron chi connectivity index (χ0n) is 9.78. The summed E-state index contributed by atoms with van der Waals surface area (Å²) in [6.07, 6.45) is 6.35. The first-order valence-corrected chi connectivity index (χ1v) is 6.74. The van der Waals surface area contributed by atoms with Crippen molar-refractivity contribution >= 4 is 11.3 Å². The quantitative estimate of drug-likeness (QED) is 0.777. The van der Waals surface area contributed by atoms with Crippen molar-refractivity contribution in [1.29, 1.82) is 0 Å². The van der Waals surface area contributed by atoms with Crippen LogP contribution in [0.15, 0.2) is 54.3 Å². The fraction of sp³-hybridized carbons (Fsp3) is 0.143. The molecule has 0 aromatic carbocycles. The summed E-state index contributed by atoms with van der Waals surface area (Å²) in [5.74, 6) is 1.27. The Balaban J connectivity index is 1.94. The number of pyridine rings is 1. The van der Waals surface area contributed by atoms with E-state index in [4.69, 9.17) is 0 Å². The molecule has 3 rings (SSSR count). The van der Waals surface area contributed by atoms with Gasteiger partial charge in [-0.2, -0.15) is 0 Å². The summed E-state index contributed by atoms with van der Waals surface area (Å²) in [5.41, 5.74) is 1.09. The minimum atomic E-state index is 0.275. The molecular formula is C14H13N3S. The SMILES string of the molecule is c1ccc([C@@H](Cc2ncc[nH]2)c2cccs2)nc1. The van der Waals surface area contributed by atoms with Gasteiger partial charge in [-0.25, -0.2) is 4.98 Å². The van der Waals surface area contributed by atoms with E-state index < -0.39 is 0 Å². The van der Waals surface area contributed by atoms with Gasteiger partial charge in [0.05, 0.1) is 0 Å². The molecule has 1 N–H and O–H groups in total. The lowest BCUT2D eigenvalue weighted by atomic mass is 9.98. The number of rotatable bonds is 4. The molecule has 0 radical (unpaired) electrons. The summed E-state index contributed by atoms with van der Waals surface area (Å²) in [4.78, 5) is 13.3. The molecule has 0 bridgehead atoms. The number of thiophene rings is 1. The van der Waals surface area contributed by atoms with Crippen LogP contribution in [-0.2, 0) is 6.42 Å². The first-order valence-electron chi connectivity index (χ1n) is 5.86. The Hall–Kier alpha value is -1.94. The second kappa shape index (κ2) is 5.14. The normalized spacial score (nSPS) is 12.4. The van der Waals surface area contributed by atoms with Crippen LogP contribution in [-0.4, -0.2) is 15.0 Å². The van der Waals surface area contributed by atoms with Crippen molar-refractivity contribution in [3.63, 3.8) is 0 Å². The highest BCUT2D eigenvalue weighted by molar-refractivity contribution is 7.10. The Kier molecular flexibility index (Phi) is 3.19. The van der Waals surface area contributed by atoms with Crippen molar-refractivity contribution in [1.82, 2.24) is 15.0 Å². The van der Waals surface area contributed by atoms with Gasteiger partial charge in [0, 0.05) is 41.5 Å². The molecule has 3 heterocycles. The van der Waals surface area contributed by atoms with E-state index in [2.05, 4.69) is 38.5 Å². The van der Waals surface area contributed by atoms with Gasteiger partial charge in [0.15, 0.2) is 0 Å². The second-order valence-corrected chi connectivity index (χ2v) is 5.04. The van der Waals surface area contributed by atoms with Crippen molar-refractivity contribution < 1.29 is 0 Å². The predicted molar refractivity (Wildman–Crippen MR) is 72.7 cm³/mol. The summed E-state index contributed by atoms with van der Waals surface area (Å²) < 4.78 is 0. The number of imidazole rings is 1. The van der Waals surface area contributed by atoms with Crippen molar-refractivity contribution in [3.8, 4) is 0 Å². The van der Waals surface area contributed by atoms with E-state index in [0.717, 1.165) is 17.9 Å². The lowest BCUT2D eigenvalue weighted by Gasteiger charge is -2.13. The molecule has 3 aromatic rings. The van der Waals surface area contributed by atoms with Gasteiger partial charge in [0.2, 0.25) is 0 Å².